The Bertz CT molecular complexity index is 1240. The summed E-state index contributed by atoms with van der Waals surface area (Å²) in [4.78, 5) is 54.5. The molecule has 0 aliphatic heterocycles. The van der Waals surface area contributed by atoms with E-state index in [1.54, 1.807) is 13.1 Å². The summed E-state index contributed by atoms with van der Waals surface area (Å²) in [5.74, 6) is -1.85. The Hall–Kier alpha value is -3.76. The first-order chi connectivity index (χ1) is 14.2. The van der Waals surface area contributed by atoms with E-state index in [9.17, 15) is 23.6 Å². The van der Waals surface area contributed by atoms with Crippen LogP contribution in [0, 0.1) is 5.82 Å². The molecule has 0 aliphatic rings. The highest BCUT2D eigenvalue weighted by atomic mass is 19.1. The van der Waals surface area contributed by atoms with E-state index in [2.05, 4.69) is 4.98 Å². The molecule has 0 spiro atoms. The number of nitrogens with zero attached hydrogens (tertiary/aromatic N) is 5. The van der Waals surface area contributed by atoms with E-state index in [1.807, 2.05) is 0 Å². The van der Waals surface area contributed by atoms with Gasteiger partial charge in [-0.1, -0.05) is 12.1 Å². The van der Waals surface area contributed by atoms with Crippen LogP contribution >= 0.6 is 0 Å². The van der Waals surface area contributed by atoms with E-state index in [0.717, 1.165) is 9.13 Å². The fourth-order valence-corrected chi connectivity index (χ4v) is 2.96. The number of fused-ring (bicyclic) bond motifs is 1. The third-order valence-corrected chi connectivity index (χ3v) is 4.58. The van der Waals surface area contributed by atoms with Gasteiger partial charge in [-0.15, -0.1) is 0 Å². The Morgan fingerprint density at radius 3 is 2.67 bits per heavy atom. The first kappa shape index (κ1) is 21.0. The largest absolute Gasteiger partial charge is 0.454 e. The number of imidazole rings is 1. The number of aryl methyl sites for hydroxylation is 2. The minimum atomic E-state index is -0.914. The lowest BCUT2D eigenvalue weighted by Crippen LogP contribution is -2.42. The predicted octanol–water partition coefficient (Wildman–Crippen LogP) is -0.225. The number of carbonyl (C=O) groups is 2. The molecule has 158 valence electrons. The number of halogens is 1. The molecular formula is C19H20FN5O5. The number of likely N-dealkylation sites (N-methyl/N-ethyl adjacent to an activating group) is 1. The van der Waals surface area contributed by atoms with Gasteiger partial charge < -0.3 is 14.2 Å². The number of carbonyl (C=O) groups excluding carboxylic acids is 2. The molecule has 30 heavy (non-hydrogen) atoms. The van der Waals surface area contributed by atoms with Gasteiger partial charge >= 0.3 is 11.7 Å². The van der Waals surface area contributed by atoms with E-state index in [-0.39, 0.29) is 17.7 Å². The van der Waals surface area contributed by atoms with E-state index in [0.29, 0.717) is 5.56 Å². The number of hydrogen-bond acceptors (Lipinski definition) is 6. The predicted molar refractivity (Wildman–Crippen MR) is 104 cm³/mol. The van der Waals surface area contributed by atoms with Gasteiger partial charge in [0.05, 0.1) is 6.33 Å². The molecule has 11 heteroatoms. The maximum Gasteiger partial charge on any atom is 0.333 e. The summed E-state index contributed by atoms with van der Waals surface area (Å²) in [5.41, 5.74) is -0.462. The molecule has 2 aromatic heterocycles. The maximum atomic E-state index is 13.2. The number of hydrogen-bond donors (Lipinski definition) is 0. The average Bonchev–Trinajstić information content (AvgIpc) is 3.09. The van der Waals surface area contributed by atoms with Crippen LogP contribution < -0.4 is 11.2 Å². The van der Waals surface area contributed by atoms with Gasteiger partial charge in [0, 0.05) is 27.7 Å². The van der Waals surface area contributed by atoms with Crippen molar-refractivity contribution in [2.24, 2.45) is 14.1 Å². The van der Waals surface area contributed by atoms with Crippen LogP contribution in [0.25, 0.3) is 11.2 Å². The third kappa shape index (κ3) is 4.14. The summed E-state index contributed by atoms with van der Waals surface area (Å²) in [6.07, 6.45) is 1.39. The Balaban J connectivity index is 1.66. The molecule has 0 radical (unpaired) electrons. The average molecular weight is 417 g/mol. The fraction of sp³-hybridized carbons (Fsp3) is 0.316. The number of esters is 1. The van der Waals surface area contributed by atoms with Gasteiger partial charge in [0.15, 0.2) is 17.8 Å². The van der Waals surface area contributed by atoms with E-state index in [4.69, 9.17) is 4.74 Å². The van der Waals surface area contributed by atoms with Crippen molar-refractivity contribution < 1.29 is 18.7 Å². The first-order valence-corrected chi connectivity index (χ1v) is 8.94. The third-order valence-electron chi connectivity index (χ3n) is 4.58. The van der Waals surface area contributed by atoms with Crippen LogP contribution in [0.2, 0.25) is 0 Å². The van der Waals surface area contributed by atoms with Crippen molar-refractivity contribution in [1.82, 2.24) is 23.6 Å². The molecule has 0 aliphatic carbocycles. The number of aromatic nitrogens is 4. The molecule has 0 saturated heterocycles. The van der Waals surface area contributed by atoms with Crippen LogP contribution in [0.3, 0.4) is 0 Å². The molecule has 1 amide bonds. The minimum Gasteiger partial charge on any atom is -0.454 e. The molecule has 0 N–H and O–H groups in total. The molecule has 3 rings (SSSR count). The van der Waals surface area contributed by atoms with Crippen LogP contribution in [0.4, 0.5) is 4.39 Å². The van der Waals surface area contributed by atoms with E-state index >= 15 is 0 Å². The second-order valence-corrected chi connectivity index (χ2v) is 6.80. The van der Waals surface area contributed by atoms with Gasteiger partial charge in [0.25, 0.3) is 11.5 Å². The van der Waals surface area contributed by atoms with Crippen molar-refractivity contribution in [3.63, 3.8) is 0 Å². The molecule has 2 heterocycles. The molecule has 10 nitrogen and oxygen atoms in total. The van der Waals surface area contributed by atoms with Crippen LogP contribution in [-0.2, 0) is 41.5 Å². The molecule has 1 aromatic carbocycles. The molecular weight excluding hydrogens is 397 g/mol. The van der Waals surface area contributed by atoms with Crippen LogP contribution in [0.15, 0.2) is 40.2 Å². The Morgan fingerprint density at radius 1 is 1.23 bits per heavy atom. The first-order valence-electron chi connectivity index (χ1n) is 8.94. The van der Waals surface area contributed by atoms with Gasteiger partial charge in [-0.3, -0.25) is 19.0 Å². The van der Waals surface area contributed by atoms with Crippen LogP contribution in [0.5, 0.6) is 0 Å². The van der Waals surface area contributed by atoms with E-state index in [1.165, 1.54) is 48.1 Å². The summed E-state index contributed by atoms with van der Waals surface area (Å²) in [7, 11) is 4.51. The summed E-state index contributed by atoms with van der Waals surface area (Å²) in [6, 6.07) is 5.78. The summed E-state index contributed by atoms with van der Waals surface area (Å²) in [6.45, 7) is -1.09. The lowest BCUT2D eigenvalue weighted by Gasteiger charge is -2.17. The highest BCUT2D eigenvalue weighted by molar-refractivity contribution is 5.80. The van der Waals surface area contributed by atoms with Crippen molar-refractivity contribution in [3.05, 3.63) is 62.8 Å². The smallest absolute Gasteiger partial charge is 0.333 e. The quantitative estimate of drug-likeness (QED) is 0.513. The molecule has 0 unspecified atom stereocenters. The minimum absolute atomic E-state index is 0.130. The van der Waals surface area contributed by atoms with Gasteiger partial charge in [-0.2, -0.15) is 0 Å². The number of rotatable bonds is 6. The van der Waals surface area contributed by atoms with Crippen LogP contribution in [0.1, 0.15) is 5.56 Å². The topological polar surface area (TPSA) is 108 Å². The van der Waals surface area contributed by atoms with E-state index < -0.39 is 42.1 Å². The van der Waals surface area contributed by atoms with Crippen molar-refractivity contribution in [3.8, 4) is 0 Å². The van der Waals surface area contributed by atoms with Crippen molar-refractivity contribution >= 4 is 23.0 Å². The Kier molecular flexibility index (Phi) is 5.81. The van der Waals surface area contributed by atoms with Gasteiger partial charge in [-0.05, 0) is 17.7 Å². The lowest BCUT2D eigenvalue weighted by atomic mass is 10.2. The normalized spacial score (nSPS) is 10.9. The maximum absolute atomic E-state index is 13.2. The zero-order chi connectivity index (χ0) is 22.0. The Morgan fingerprint density at radius 2 is 1.97 bits per heavy atom. The fourth-order valence-electron chi connectivity index (χ4n) is 2.96. The zero-order valence-corrected chi connectivity index (χ0v) is 16.7. The number of amides is 1. The standard InChI is InChI=1S/C19H20FN5O5/c1-22(8-12-5-4-6-13(20)7-12)14(26)10-30-15(27)9-25-18(28)16-17(21-11-23(16)2)24(3)19(25)29/h4-7,11H,8-10H2,1-3H3. The summed E-state index contributed by atoms with van der Waals surface area (Å²) < 4.78 is 21.5. The summed E-state index contributed by atoms with van der Waals surface area (Å²) >= 11 is 0. The van der Waals surface area contributed by atoms with Crippen molar-refractivity contribution in [1.29, 1.82) is 0 Å². The molecule has 0 bridgehead atoms. The van der Waals surface area contributed by atoms with Gasteiger partial charge in [0.1, 0.15) is 12.4 Å². The monoisotopic (exact) mass is 417 g/mol. The molecule has 0 saturated carbocycles. The SMILES string of the molecule is CN(Cc1cccc(F)c1)C(=O)COC(=O)Cn1c(=O)c2c(ncn2C)n(C)c1=O. The summed E-state index contributed by atoms with van der Waals surface area (Å²) in [5, 5.41) is 0. The van der Waals surface area contributed by atoms with Gasteiger partial charge in [-0.25, -0.2) is 18.7 Å². The second kappa shape index (κ2) is 8.31. The number of benzene rings is 1. The highest BCUT2D eigenvalue weighted by Crippen LogP contribution is 2.07. The van der Waals surface area contributed by atoms with Crippen molar-refractivity contribution in [2.45, 2.75) is 13.1 Å². The molecule has 0 fully saturated rings. The Labute approximate surface area is 169 Å². The molecule has 3 aromatic rings. The van der Waals surface area contributed by atoms with Crippen LogP contribution in [-0.4, -0.2) is 49.1 Å². The number of ether oxygens (including phenoxy) is 1. The second-order valence-electron chi connectivity index (χ2n) is 6.80. The van der Waals surface area contributed by atoms with Crippen molar-refractivity contribution in [2.75, 3.05) is 13.7 Å². The highest BCUT2D eigenvalue weighted by Gasteiger charge is 2.19. The molecule has 0 atom stereocenters. The van der Waals surface area contributed by atoms with Gasteiger partial charge in [0.2, 0.25) is 0 Å². The zero-order valence-electron chi connectivity index (χ0n) is 16.7. The lowest BCUT2D eigenvalue weighted by molar-refractivity contribution is -0.152.